The maximum atomic E-state index is 11.3. The van der Waals surface area contributed by atoms with Gasteiger partial charge in [0, 0.05) is 31.5 Å². The van der Waals surface area contributed by atoms with Crippen LogP contribution in [0.3, 0.4) is 0 Å². The summed E-state index contributed by atoms with van der Waals surface area (Å²) in [5.41, 5.74) is 1.70. The van der Waals surface area contributed by atoms with Crippen LogP contribution in [0.2, 0.25) is 0 Å². The van der Waals surface area contributed by atoms with E-state index in [2.05, 4.69) is 10.6 Å². The zero-order valence-corrected chi connectivity index (χ0v) is 10.0. The highest BCUT2D eigenvalue weighted by molar-refractivity contribution is 5.94. The van der Waals surface area contributed by atoms with Gasteiger partial charge in [-0.2, -0.15) is 0 Å². The first-order valence-corrected chi connectivity index (χ1v) is 5.97. The molecule has 1 fully saturated rings. The number of hydrogen-bond donors (Lipinski definition) is 2. The second-order valence-electron chi connectivity index (χ2n) is 4.17. The fourth-order valence-corrected chi connectivity index (χ4v) is 1.92. The van der Waals surface area contributed by atoms with Crippen LogP contribution in [-0.4, -0.2) is 32.2 Å². The summed E-state index contributed by atoms with van der Waals surface area (Å²) in [6.07, 6.45) is 2.61. The van der Waals surface area contributed by atoms with E-state index in [4.69, 9.17) is 4.74 Å². The molecule has 1 amide bonds. The monoisotopic (exact) mass is 234 g/mol. The van der Waals surface area contributed by atoms with E-state index in [1.807, 2.05) is 24.3 Å². The molecule has 1 heterocycles. The molecule has 92 valence electrons. The Bertz CT molecular complexity index is 370. The summed E-state index contributed by atoms with van der Waals surface area (Å²) in [6, 6.07) is 7.46. The Morgan fingerprint density at radius 2 is 2.18 bits per heavy atom. The standard InChI is InChI=1S/C13H18N2O2/c1-14-13(16)10-4-6-11(7-5-10)15-9-12-3-2-8-17-12/h4-7,12,15H,2-3,8-9H2,1H3,(H,14,16). The van der Waals surface area contributed by atoms with Crippen molar-refractivity contribution in [3.63, 3.8) is 0 Å². The molecule has 0 saturated carbocycles. The van der Waals surface area contributed by atoms with E-state index in [0.29, 0.717) is 11.7 Å². The van der Waals surface area contributed by atoms with Crippen LogP contribution >= 0.6 is 0 Å². The SMILES string of the molecule is CNC(=O)c1ccc(NCC2CCCO2)cc1. The first-order valence-electron chi connectivity index (χ1n) is 5.97. The quantitative estimate of drug-likeness (QED) is 0.832. The molecular formula is C13H18N2O2. The van der Waals surface area contributed by atoms with Crippen LogP contribution in [0.5, 0.6) is 0 Å². The smallest absolute Gasteiger partial charge is 0.251 e. The van der Waals surface area contributed by atoms with Crippen molar-refractivity contribution in [1.29, 1.82) is 0 Å². The first kappa shape index (κ1) is 11.9. The number of hydrogen-bond acceptors (Lipinski definition) is 3. The lowest BCUT2D eigenvalue weighted by molar-refractivity contribution is 0.0963. The van der Waals surface area contributed by atoms with Crippen molar-refractivity contribution in [1.82, 2.24) is 5.32 Å². The van der Waals surface area contributed by atoms with Crippen molar-refractivity contribution in [2.75, 3.05) is 25.5 Å². The van der Waals surface area contributed by atoms with Crippen LogP contribution in [0.25, 0.3) is 0 Å². The van der Waals surface area contributed by atoms with Crippen molar-refractivity contribution in [2.24, 2.45) is 0 Å². The normalized spacial score (nSPS) is 19.0. The predicted octanol–water partition coefficient (Wildman–Crippen LogP) is 1.64. The number of benzene rings is 1. The highest BCUT2D eigenvalue weighted by Gasteiger charge is 2.14. The van der Waals surface area contributed by atoms with Gasteiger partial charge in [-0.25, -0.2) is 0 Å². The molecular weight excluding hydrogens is 216 g/mol. The third kappa shape index (κ3) is 3.20. The molecule has 1 saturated heterocycles. The van der Waals surface area contributed by atoms with E-state index < -0.39 is 0 Å². The molecule has 1 aromatic rings. The van der Waals surface area contributed by atoms with E-state index in [9.17, 15) is 4.79 Å². The Hall–Kier alpha value is -1.55. The van der Waals surface area contributed by atoms with Gasteiger partial charge in [0.1, 0.15) is 0 Å². The van der Waals surface area contributed by atoms with Crippen molar-refractivity contribution in [2.45, 2.75) is 18.9 Å². The number of carbonyl (C=O) groups excluding carboxylic acids is 1. The molecule has 1 aliphatic heterocycles. The van der Waals surface area contributed by atoms with Crippen LogP contribution in [0, 0.1) is 0 Å². The summed E-state index contributed by atoms with van der Waals surface area (Å²) in [4.78, 5) is 11.3. The Morgan fingerprint density at radius 1 is 1.41 bits per heavy atom. The molecule has 1 unspecified atom stereocenters. The number of anilines is 1. The third-order valence-electron chi connectivity index (χ3n) is 2.93. The van der Waals surface area contributed by atoms with Crippen LogP contribution in [0.1, 0.15) is 23.2 Å². The van der Waals surface area contributed by atoms with E-state index in [1.54, 1.807) is 7.05 Å². The van der Waals surface area contributed by atoms with Crippen molar-refractivity contribution in [3.8, 4) is 0 Å². The van der Waals surface area contributed by atoms with Gasteiger partial charge < -0.3 is 15.4 Å². The summed E-state index contributed by atoms with van der Waals surface area (Å²) in [5.74, 6) is -0.0596. The van der Waals surface area contributed by atoms with Gasteiger partial charge in [-0.15, -0.1) is 0 Å². The number of carbonyl (C=O) groups is 1. The van der Waals surface area contributed by atoms with E-state index in [-0.39, 0.29) is 5.91 Å². The first-order chi connectivity index (χ1) is 8.29. The van der Waals surface area contributed by atoms with Gasteiger partial charge in [-0.1, -0.05) is 0 Å². The highest BCUT2D eigenvalue weighted by atomic mass is 16.5. The van der Waals surface area contributed by atoms with Gasteiger partial charge in [0.2, 0.25) is 0 Å². The van der Waals surface area contributed by atoms with Gasteiger partial charge in [0.15, 0.2) is 0 Å². The average Bonchev–Trinajstić information content (AvgIpc) is 2.89. The Labute approximate surface area is 101 Å². The van der Waals surface area contributed by atoms with Gasteiger partial charge >= 0.3 is 0 Å². The number of rotatable bonds is 4. The molecule has 0 radical (unpaired) electrons. The third-order valence-corrected chi connectivity index (χ3v) is 2.93. The fraction of sp³-hybridized carbons (Fsp3) is 0.462. The molecule has 2 rings (SSSR count). The molecule has 1 atom stereocenters. The lowest BCUT2D eigenvalue weighted by Crippen LogP contribution is -2.19. The summed E-state index contributed by atoms with van der Waals surface area (Å²) >= 11 is 0. The summed E-state index contributed by atoms with van der Waals surface area (Å²) < 4.78 is 5.53. The predicted molar refractivity (Wildman–Crippen MR) is 67.3 cm³/mol. The molecule has 0 bridgehead atoms. The maximum Gasteiger partial charge on any atom is 0.251 e. The number of nitrogens with one attached hydrogen (secondary N) is 2. The van der Waals surface area contributed by atoms with E-state index in [1.165, 1.54) is 0 Å². The minimum atomic E-state index is -0.0596. The van der Waals surface area contributed by atoms with Crippen molar-refractivity contribution >= 4 is 11.6 Å². The van der Waals surface area contributed by atoms with E-state index >= 15 is 0 Å². The largest absolute Gasteiger partial charge is 0.382 e. The fourth-order valence-electron chi connectivity index (χ4n) is 1.92. The van der Waals surface area contributed by atoms with Gasteiger partial charge in [-0.3, -0.25) is 4.79 Å². The maximum absolute atomic E-state index is 11.3. The van der Waals surface area contributed by atoms with Crippen LogP contribution in [-0.2, 0) is 4.74 Å². The molecule has 1 aromatic carbocycles. The van der Waals surface area contributed by atoms with E-state index in [0.717, 1.165) is 31.7 Å². The lowest BCUT2D eigenvalue weighted by Gasteiger charge is -2.12. The molecule has 2 N–H and O–H groups in total. The zero-order chi connectivity index (χ0) is 12.1. The van der Waals surface area contributed by atoms with Crippen LogP contribution in [0.4, 0.5) is 5.69 Å². The second kappa shape index (κ2) is 5.68. The Balaban J connectivity index is 1.87. The van der Waals surface area contributed by atoms with Crippen LogP contribution in [0.15, 0.2) is 24.3 Å². The van der Waals surface area contributed by atoms with Gasteiger partial charge in [0.05, 0.1) is 6.10 Å². The van der Waals surface area contributed by atoms with Gasteiger partial charge in [0.25, 0.3) is 5.91 Å². The number of ether oxygens (including phenoxy) is 1. The molecule has 4 nitrogen and oxygen atoms in total. The second-order valence-corrected chi connectivity index (χ2v) is 4.17. The average molecular weight is 234 g/mol. The summed E-state index contributed by atoms with van der Waals surface area (Å²) in [6.45, 7) is 1.71. The summed E-state index contributed by atoms with van der Waals surface area (Å²) in [7, 11) is 1.63. The van der Waals surface area contributed by atoms with Crippen LogP contribution < -0.4 is 10.6 Å². The van der Waals surface area contributed by atoms with Gasteiger partial charge in [-0.05, 0) is 37.1 Å². The topological polar surface area (TPSA) is 50.4 Å². The zero-order valence-electron chi connectivity index (χ0n) is 10.0. The minimum absolute atomic E-state index is 0.0596. The molecule has 0 spiro atoms. The Morgan fingerprint density at radius 3 is 2.76 bits per heavy atom. The molecule has 17 heavy (non-hydrogen) atoms. The highest BCUT2D eigenvalue weighted by Crippen LogP contribution is 2.14. The Kier molecular flexibility index (Phi) is 3.98. The van der Waals surface area contributed by atoms with Crippen molar-refractivity contribution in [3.05, 3.63) is 29.8 Å². The molecule has 0 aromatic heterocycles. The minimum Gasteiger partial charge on any atom is -0.382 e. The molecule has 4 heteroatoms. The molecule has 1 aliphatic rings. The summed E-state index contributed by atoms with van der Waals surface area (Å²) in [5, 5.41) is 5.91. The molecule has 0 aliphatic carbocycles. The van der Waals surface area contributed by atoms with Crippen molar-refractivity contribution < 1.29 is 9.53 Å². The number of amides is 1. The lowest BCUT2D eigenvalue weighted by atomic mass is 10.2.